The molecule has 0 saturated heterocycles. The fourth-order valence-corrected chi connectivity index (χ4v) is 8.63. The lowest BCUT2D eigenvalue weighted by Gasteiger charge is -2.57. The Bertz CT molecular complexity index is 866. The molecule has 2 saturated carbocycles. The summed E-state index contributed by atoms with van der Waals surface area (Å²) < 4.78 is 0. The number of hydrogen-bond donors (Lipinski definition) is 0. The third-order valence-corrected chi connectivity index (χ3v) is 10.8. The van der Waals surface area contributed by atoms with Gasteiger partial charge < -0.3 is 0 Å². The zero-order chi connectivity index (χ0) is 23.6. The fourth-order valence-electron chi connectivity index (χ4n) is 8.63. The summed E-state index contributed by atoms with van der Waals surface area (Å²) in [4.78, 5) is 40.1. The summed E-state index contributed by atoms with van der Waals surface area (Å²) in [5.41, 5.74) is 1.04. The van der Waals surface area contributed by atoms with E-state index in [0.29, 0.717) is 31.1 Å². The summed E-state index contributed by atoms with van der Waals surface area (Å²) in [7, 11) is 0. The Labute approximate surface area is 195 Å². The maximum atomic E-state index is 13.9. The van der Waals surface area contributed by atoms with Crippen LogP contribution < -0.4 is 0 Å². The monoisotopic (exact) mass is 440 g/mol. The molecule has 0 aromatic heterocycles. The van der Waals surface area contributed by atoms with E-state index in [2.05, 4.69) is 41.5 Å². The highest BCUT2D eigenvalue weighted by molar-refractivity contribution is 6.12. The molecule has 0 aromatic rings. The van der Waals surface area contributed by atoms with Crippen molar-refractivity contribution in [2.45, 2.75) is 106 Å². The molecule has 3 nitrogen and oxygen atoms in total. The average molecular weight is 441 g/mol. The van der Waals surface area contributed by atoms with Crippen molar-refractivity contribution in [2.75, 3.05) is 0 Å². The van der Waals surface area contributed by atoms with E-state index in [4.69, 9.17) is 0 Å². The molecule has 0 aromatic carbocycles. The molecule has 32 heavy (non-hydrogen) atoms. The normalized spacial score (nSPS) is 42.8. The van der Waals surface area contributed by atoms with Crippen LogP contribution >= 0.6 is 0 Å². The number of allylic oxidation sites excluding steroid dienone is 2. The molecular weight excluding hydrogens is 396 g/mol. The quantitative estimate of drug-likeness (QED) is 0.476. The first-order valence-electron chi connectivity index (χ1n) is 13.2. The molecule has 4 aliphatic carbocycles. The minimum absolute atomic E-state index is 0.0148. The van der Waals surface area contributed by atoms with Crippen molar-refractivity contribution in [2.24, 2.45) is 45.8 Å². The van der Waals surface area contributed by atoms with Gasteiger partial charge >= 0.3 is 0 Å². The number of carbonyl (C=O) groups excluding carboxylic acids is 3. The van der Waals surface area contributed by atoms with E-state index in [1.807, 2.05) is 6.92 Å². The molecule has 0 aliphatic heterocycles. The number of rotatable bonds is 5. The summed E-state index contributed by atoms with van der Waals surface area (Å²) in [5, 5.41) is 0. The van der Waals surface area contributed by atoms with Gasteiger partial charge in [-0.05, 0) is 48.3 Å². The van der Waals surface area contributed by atoms with E-state index in [1.54, 1.807) is 0 Å². The molecule has 0 spiro atoms. The predicted octanol–water partition coefficient (Wildman–Crippen LogP) is 6.74. The zero-order valence-electron chi connectivity index (χ0n) is 21.5. The van der Waals surface area contributed by atoms with E-state index < -0.39 is 0 Å². The maximum absolute atomic E-state index is 13.9. The van der Waals surface area contributed by atoms with Gasteiger partial charge in [-0.15, -0.1) is 0 Å². The van der Waals surface area contributed by atoms with Crippen molar-refractivity contribution >= 4 is 17.3 Å². The van der Waals surface area contributed by atoms with Gasteiger partial charge in [-0.2, -0.15) is 0 Å². The largest absolute Gasteiger partial charge is 0.299 e. The van der Waals surface area contributed by atoms with Gasteiger partial charge in [-0.25, -0.2) is 0 Å². The molecular formula is C29H44O3. The van der Waals surface area contributed by atoms with Crippen molar-refractivity contribution in [1.82, 2.24) is 0 Å². The molecule has 0 N–H and O–H groups in total. The topological polar surface area (TPSA) is 51.2 Å². The SMILES string of the molecule is CC(C)CCC[C@@H](C)[C@H]1CC[C@@]2(C)C3=C(C(=O)C[C@]12C)[C@@]1(C)CCC(=O)[C@@H](C)[C@@H]1CC3=O. The molecule has 0 heterocycles. The Hall–Kier alpha value is -1.25. The average Bonchev–Trinajstić information content (AvgIpc) is 2.97. The van der Waals surface area contributed by atoms with Crippen molar-refractivity contribution in [3.8, 4) is 0 Å². The predicted molar refractivity (Wildman–Crippen MR) is 128 cm³/mol. The van der Waals surface area contributed by atoms with E-state index in [-0.39, 0.29) is 45.4 Å². The van der Waals surface area contributed by atoms with Gasteiger partial charge in [0.1, 0.15) is 5.78 Å². The van der Waals surface area contributed by atoms with Crippen LogP contribution in [0.15, 0.2) is 11.1 Å². The Kier molecular flexibility index (Phi) is 5.91. The second-order valence-corrected chi connectivity index (χ2v) is 13.0. The second kappa shape index (κ2) is 7.91. The van der Waals surface area contributed by atoms with Gasteiger partial charge in [-0.3, -0.25) is 14.4 Å². The molecule has 0 radical (unpaired) electrons. The van der Waals surface area contributed by atoms with E-state index in [1.165, 1.54) is 19.3 Å². The van der Waals surface area contributed by atoms with Crippen LogP contribution in [0.3, 0.4) is 0 Å². The van der Waals surface area contributed by atoms with Crippen LogP contribution in [0.25, 0.3) is 0 Å². The van der Waals surface area contributed by atoms with Crippen molar-refractivity contribution in [3.63, 3.8) is 0 Å². The second-order valence-electron chi connectivity index (χ2n) is 13.0. The lowest BCUT2D eigenvalue weighted by atomic mass is 9.45. The third-order valence-electron chi connectivity index (χ3n) is 10.8. The third kappa shape index (κ3) is 3.23. The van der Waals surface area contributed by atoms with Crippen LogP contribution in [0, 0.1) is 45.8 Å². The van der Waals surface area contributed by atoms with E-state index in [9.17, 15) is 14.4 Å². The lowest BCUT2D eigenvalue weighted by molar-refractivity contribution is -0.138. The lowest BCUT2D eigenvalue weighted by Crippen LogP contribution is -2.56. The highest BCUT2D eigenvalue weighted by Gasteiger charge is 2.66. The van der Waals surface area contributed by atoms with E-state index >= 15 is 0 Å². The maximum Gasteiger partial charge on any atom is 0.160 e. The Morgan fingerprint density at radius 1 is 0.938 bits per heavy atom. The summed E-state index contributed by atoms with van der Waals surface area (Å²) in [6, 6.07) is 0. The number of fused-ring (bicyclic) bond motifs is 4. The van der Waals surface area contributed by atoms with Crippen molar-refractivity contribution in [3.05, 3.63) is 11.1 Å². The van der Waals surface area contributed by atoms with Crippen LogP contribution in [0.2, 0.25) is 0 Å². The number of carbonyl (C=O) groups is 3. The molecule has 0 amide bonds. The molecule has 4 aliphatic rings. The molecule has 3 heteroatoms. The molecule has 7 atom stereocenters. The molecule has 4 rings (SSSR count). The highest BCUT2D eigenvalue weighted by atomic mass is 16.1. The summed E-state index contributed by atoms with van der Waals surface area (Å²) in [6.07, 6.45) is 8.11. The minimum Gasteiger partial charge on any atom is -0.299 e. The Balaban J connectivity index is 1.73. The molecule has 178 valence electrons. The van der Waals surface area contributed by atoms with Crippen LogP contribution in [0.5, 0.6) is 0 Å². The Morgan fingerprint density at radius 2 is 1.62 bits per heavy atom. The smallest absolute Gasteiger partial charge is 0.160 e. The van der Waals surface area contributed by atoms with Crippen molar-refractivity contribution < 1.29 is 14.4 Å². The Morgan fingerprint density at radius 3 is 2.28 bits per heavy atom. The first kappa shape index (κ1) is 23.9. The van der Waals surface area contributed by atoms with Crippen LogP contribution in [0.1, 0.15) is 106 Å². The first-order valence-corrected chi connectivity index (χ1v) is 13.2. The van der Waals surface area contributed by atoms with Gasteiger partial charge in [-0.1, -0.05) is 67.7 Å². The van der Waals surface area contributed by atoms with Gasteiger partial charge in [0.25, 0.3) is 0 Å². The van der Waals surface area contributed by atoms with Gasteiger partial charge in [0, 0.05) is 47.2 Å². The standard InChI is InChI=1S/C29H44O3/c1-17(2)9-8-10-18(3)20-11-14-28(6)26-23(31)15-21-19(4)22(30)12-13-27(21,5)25(26)24(32)16-29(20,28)7/h17-21H,8-16H2,1-7H3/t18-,19+,20-,21+,27+,28+,29-/m1/s1. The fraction of sp³-hybridized carbons (Fsp3) is 0.828. The number of hydrogen-bond acceptors (Lipinski definition) is 3. The first-order chi connectivity index (χ1) is 14.9. The molecule has 0 bridgehead atoms. The van der Waals surface area contributed by atoms with Gasteiger partial charge in [0.2, 0.25) is 0 Å². The summed E-state index contributed by atoms with van der Waals surface area (Å²) >= 11 is 0. The van der Waals surface area contributed by atoms with Gasteiger partial charge in [0.05, 0.1) is 0 Å². The van der Waals surface area contributed by atoms with Crippen LogP contribution in [-0.2, 0) is 14.4 Å². The van der Waals surface area contributed by atoms with Crippen LogP contribution in [-0.4, -0.2) is 17.3 Å². The molecule has 2 fully saturated rings. The zero-order valence-corrected chi connectivity index (χ0v) is 21.5. The minimum atomic E-state index is -0.320. The number of ketones is 3. The van der Waals surface area contributed by atoms with Crippen LogP contribution in [0.4, 0.5) is 0 Å². The summed E-state index contributed by atoms with van der Waals surface area (Å²) in [6.45, 7) is 15.7. The van der Waals surface area contributed by atoms with Gasteiger partial charge in [0.15, 0.2) is 11.6 Å². The van der Waals surface area contributed by atoms with Crippen molar-refractivity contribution in [1.29, 1.82) is 0 Å². The highest BCUT2D eigenvalue weighted by Crippen LogP contribution is 2.70. The number of Topliss-reactive ketones (excluding diaryl/α,β-unsaturated/α-hetero) is 3. The van der Waals surface area contributed by atoms with E-state index in [0.717, 1.165) is 36.3 Å². The molecule has 0 unspecified atom stereocenters. The summed E-state index contributed by atoms with van der Waals surface area (Å²) in [5.74, 6) is 2.29.